The normalized spacial score (nSPS) is 40.2. The van der Waals surface area contributed by atoms with E-state index in [1.807, 2.05) is 43.0 Å². The van der Waals surface area contributed by atoms with Crippen LogP contribution in [0.1, 0.15) is 26.2 Å². The van der Waals surface area contributed by atoms with Gasteiger partial charge in [0.1, 0.15) is 0 Å². The number of benzene rings is 1. The molecular formula is C15H20N2. The molecule has 3 atom stereocenters. The van der Waals surface area contributed by atoms with Gasteiger partial charge in [-0.3, -0.25) is 4.90 Å². The number of rotatable bonds is 1. The van der Waals surface area contributed by atoms with Gasteiger partial charge in [0.2, 0.25) is 0 Å². The predicted octanol–water partition coefficient (Wildman–Crippen LogP) is 2.79. The largest absolute Gasteiger partial charge is 0.351 e. The number of para-hydroxylation sites is 1. The Labute approximate surface area is 111 Å². The van der Waals surface area contributed by atoms with Gasteiger partial charge < -0.3 is 4.90 Å². The molecule has 2 nitrogen and oxygen atoms in total. The maximum atomic E-state index is 8.15. The van der Waals surface area contributed by atoms with Crippen molar-refractivity contribution in [2.45, 2.75) is 38.9 Å². The molecule has 90 valence electrons. The van der Waals surface area contributed by atoms with Crippen LogP contribution < -0.4 is 4.90 Å². The van der Waals surface area contributed by atoms with Crippen LogP contribution in [0.4, 0.5) is 5.69 Å². The van der Waals surface area contributed by atoms with E-state index in [-0.39, 0.29) is 12.1 Å². The highest BCUT2D eigenvalue weighted by molar-refractivity contribution is 5.56. The van der Waals surface area contributed by atoms with E-state index in [1.165, 1.54) is 11.0 Å². The second-order valence-corrected chi connectivity index (χ2v) is 4.69. The van der Waals surface area contributed by atoms with E-state index in [9.17, 15) is 0 Å². The van der Waals surface area contributed by atoms with E-state index in [4.69, 9.17) is 6.85 Å². The highest BCUT2D eigenvalue weighted by Crippen LogP contribution is 2.35. The minimum Gasteiger partial charge on any atom is -0.351 e. The number of anilines is 1. The van der Waals surface area contributed by atoms with Gasteiger partial charge in [-0.1, -0.05) is 30.4 Å². The van der Waals surface area contributed by atoms with Crippen molar-refractivity contribution >= 4 is 5.69 Å². The maximum absolute atomic E-state index is 8.15. The Hall–Kier alpha value is -1.28. The Morgan fingerprint density at radius 2 is 2.24 bits per heavy atom. The highest BCUT2D eigenvalue weighted by atomic mass is 15.5. The molecule has 2 heterocycles. The van der Waals surface area contributed by atoms with Crippen molar-refractivity contribution in [3.05, 3.63) is 42.0 Å². The molecule has 1 aromatic rings. The molecule has 3 rings (SSSR count). The Balaban J connectivity index is 2.13. The molecule has 0 radical (unpaired) electrons. The lowest BCUT2D eigenvalue weighted by Gasteiger charge is -2.31. The smallest absolute Gasteiger partial charge is 0.0804 e. The van der Waals surface area contributed by atoms with E-state index < -0.39 is 19.5 Å². The van der Waals surface area contributed by atoms with Crippen molar-refractivity contribution in [3.63, 3.8) is 0 Å². The second-order valence-electron chi connectivity index (χ2n) is 4.69. The first-order chi connectivity index (χ1) is 10.1. The highest BCUT2D eigenvalue weighted by Gasteiger charge is 2.42. The SMILES string of the molecule is [2H]C([2H])([2H])C1N(c2ccccc2C)[C@@H](C)C2C=CC([2H])([2H])N21. The van der Waals surface area contributed by atoms with Gasteiger partial charge in [0.15, 0.2) is 0 Å². The average molecular weight is 233 g/mol. The molecule has 2 heteroatoms. The van der Waals surface area contributed by atoms with Crippen LogP contribution in [-0.4, -0.2) is 29.6 Å². The van der Waals surface area contributed by atoms with E-state index in [2.05, 4.69) is 0 Å². The molecular weight excluding hydrogens is 208 g/mol. The van der Waals surface area contributed by atoms with E-state index in [0.717, 1.165) is 11.3 Å². The van der Waals surface area contributed by atoms with Crippen LogP contribution in [0.25, 0.3) is 0 Å². The zero-order chi connectivity index (χ0) is 16.3. The lowest BCUT2D eigenvalue weighted by atomic mass is 10.1. The third-order valence-corrected chi connectivity index (χ3v) is 3.69. The fraction of sp³-hybridized carbons (Fsp3) is 0.467. The summed E-state index contributed by atoms with van der Waals surface area (Å²) < 4.78 is 40.2. The van der Waals surface area contributed by atoms with Crippen LogP contribution >= 0.6 is 0 Å². The molecule has 0 aliphatic carbocycles. The predicted molar refractivity (Wildman–Crippen MR) is 72.2 cm³/mol. The van der Waals surface area contributed by atoms with Crippen molar-refractivity contribution < 1.29 is 6.85 Å². The summed E-state index contributed by atoms with van der Waals surface area (Å²) in [6, 6.07) is 7.32. The molecule has 2 aliphatic rings. The molecule has 0 amide bonds. The van der Waals surface area contributed by atoms with Crippen molar-refractivity contribution in [1.29, 1.82) is 0 Å². The van der Waals surface area contributed by atoms with E-state index >= 15 is 0 Å². The van der Waals surface area contributed by atoms with Crippen molar-refractivity contribution in [3.8, 4) is 0 Å². The number of aryl methyl sites for hydroxylation is 1. The monoisotopic (exact) mass is 233 g/mol. The lowest BCUT2D eigenvalue weighted by Crippen LogP contribution is -2.38. The molecule has 0 saturated carbocycles. The molecule has 1 aromatic carbocycles. The number of hydrogen-bond acceptors (Lipinski definition) is 2. The molecule has 1 fully saturated rings. The minimum absolute atomic E-state index is 0.111. The van der Waals surface area contributed by atoms with Gasteiger partial charge in [0, 0.05) is 25.1 Å². The van der Waals surface area contributed by atoms with Crippen LogP contribution in [0.15, 0.2) is 36.4 Å². The lowest BCUT2D eigenvalue weighted by molar-refractivity contribution is 0.271. The standard InChI is InChI=1S/C15H20N2/c1-11-7-4-5-8-14(11)17-12(2)15-9-6-10-16(15)13(17)3/h4-9,12-13,15H,10H2,1-3H3/t12-,13?,15?/m0/s1/i3D3,10D2. The molecule has 0 aromatic heterocycles. The summed E-state index contributed by atoms with van der Waals surface area (Å²) in [6.07, 6.45) is 2.29. The Morgan fingerprint density at radius 3 is 3.00 bits per heavy atom. The van der Waals surface area contributed by atoms with Gasteiger partial charge in [-0.15, -0.1) is 0 Å². The molecule has 2 aliphatic heterocycles. The first kappa shape index (κ1) is 6.60. The van der Waals surface area contributed by atoms with Crippen molar-refractivity contribution in [2.24, 2.45) is 0 Å². The van der Waals surface area contributed by atoms with Crippen LogP contribution in [-0.2, 0) is 0 Å². The van der Waals surface area contributed by atoms with E-state index in [1.54, 1.807) is 6.08 Å². The third kappa shape index (κ3) is 1.51. The number of hydrogen-bond donors (Lipinski definition) is 0. The Kier molecular flexibility index (Phi) is 1.51. The van der Waals surface area contributed by atoms with Gasteiger partial charge in [0.05, 0.1) is 12.2 Å². The molecule has 0 spiro atoms. The quantitative estimate of drug-likeness (QED) is 0.688. The van der Waals surface area contributed by atoms with Gasteiger partial charge >= 0.3 is 0 Å². The summed E-state index contributed by atoms with van der Waals surface area (Å²) in [7, 11) is 0. The molecule has 0 bridgehead atoms. The summed E-state index contributed by atoms with van der Waals surface area (Å²) >= 11 is 0. The van der Waals surface area contributed by atoms with Crippen LogP contribution in [0.2, 0.25) is 0 Å². The third-order valence-electron chi connectivity index (χ3n) is 3.69. The maximum Gasteiger partial charge on any atom is 0.0804 e. The zero-order valence-corrected chi connectivity index (χ0v) is 10.1. The zero-order valence-electron chi connectivity index (χ0n) is 15.1. The summed E-state index contributed by atoms with van der Waals surface area (Å²) in [4.78, 5) is 3.34. The Morgan fingerprint density at radius 1 is 1.41 bits per heavy atom. The van der Waals surface area contributed by atoms with Crippen molar-refractivity contribution in [2.75, 3.05) is 11.4 Å². The molecule has 2 unspecified atom stereocenters. The second kappa shape index (κ2) is 3.88. The van der Waals surface area contributed by atoms with Crippen molar-refractivity contribution in [1.82, 2.24) is 4.90 Å². The summed E-state index contributed by atoms with van der Waals surface area (Å²) in [5.74, 6) is 0. The summed E-state index contributed by atoms with van der Waals surface area (Å²) in [5, 5.41) is 0. The van der Waals surface area contributed by atoms with Crippen LogP contribution in [0.5, 0.6) is 0 Å². The fourth-order valence-electron chi connectivity index (χ4n) is 2.76. The first-order valence-corrected chi connectivity index (χ1v) is 5.96. The molecule has 0 N–H and O–H groups in total. The topological polar surface area (TPSA) is 6.48 Å². The minimum atomic E-state index is -2.30. The number of fused-ring (bicyclic) bond motifs is 1. The van der Waals surface area contributed by atoms with Crippen LogP contribution in [0.3, 0.4) is 0 Å². The number of nitrogens with zero attached hydrogens (tertiary/aromatic N) is 2. The Bertz CT molecular complexity index is 610. The van der Waals surface area contributed by atoms with Gasteiger partial charge in [-0.05, 0) is 32.3 Å². The molecule has 17 heavy (non-hydrogen) atoms. The van der Waals surface area contributed by atoms with Gasteiger partial charge in [-0.25, -0.2) is 0 Å². The fourth-order valence-corrected chi connectivity index (χ4v) is 2.76. The summed E-state index contributed by atoms with van der Waals surface area (Å²) in [6.45, 7) is -0.131. The average Bonchev–Trinajstić information content (AvgIpc) is 2.87. The summed E-state index contributed by atoms with van der Waals surface area (Å²) in [5.41, 5.74) is 1.85. The van der Waals surface area contributed by atoms with E-state index in [0.29, 0.717) is 0 Å². The van der Waals surface area contributed by atoms with Gasteiger partial charge in [-0.2, -0.15) is 0 Å². The first-order valence-electron chi connectivity index (χ1n) is 8.46. The molecule has 1 saturated heterocycles. The van der Waals surface area contributed by atoms with Gasteiger partial charge in [0.25, 0.3) is 0 Å². The van der Waals surface area contributed by atoms with Crippen LogP contribution in [0, 0.1) is 6.92 Å².